The van der Waals surface area contributed by atoms with E-state index in [1.54, 1.807) is 19.1 Å². The van der Waals surface area contributed by atoms with Crippen LogP contribution in [0.15, 0.2) is 40.9 Å². The van der Waals surface area contributed by atoms with E-state index < -0.39 is 17.7 Å². The Morgan fingerprint density at radius 3 is 2.69 bits per heavy atom. The Hall–Kier alpha value is -2.12. The Bertz CT molecular complexity index is 816. The fourth-order valence-electron chi connectivity index (χ4n) is 2.08. The number of carbonyl (C=O) groups excluding carboxylic acids is 2. The summed E-state index contributed by atoms with van der Waals surface area (Å²) in [5.41, 5.74) is 0.515. The number of ether oxygens (including phenoxy) is 2. The molecule has 2 rings (SSSR count). The smallest absolute Gasteiger partial charge is 0.344 e. The summed E-state index contributed by atoms with van der Waals surface area (Å²) in [5, 5.41) is 2.96. The first-order valence-electron chi connectivity index (χ1n) is 7.70. The van der Waals surface area contributed by atoms with Crippen LogP contribution < -0.4 is 10.1 Å². The monoisotopic (exact) mass is 443 g/mol. The van der Waals surface area contributed by atoms with E-state index in [-0.39, 0.29) is 31.1 Å². The molecule has 0 bridgehead atoms. The summed E-state index contributed by atoms with van der Waals surface area (Å²) in [6, 6.07) is 8.98. The molecule has 1 N–H and O–H groups in total. The molecule has 0 atom stereocenters. The van der Waals surface area contributed by atoms with Crippen LogP contribution in [0.1, 0.15) is 22.8 Å². The number of hydrogen-bond donors (Lipinski definition) is 1. The Kier molecular flexibility index (Phi) is 7.41. The van der Waals surface area contributed by atoms with Crippen LogP contribution in [0.5, 0.6) is 5.75 Å². The van der Waals surface area contributed by atoms with E-state index in [0.29, 0.717) is 15.1 Å². The average molecular weight is 445 g/mol. The lowest BCUT2D eigenvalue weighted by Crippen LogP contribution is -2.24. The summed E-state index contributed by atoms with van der Waals surface area (Å²) < 4.78 is 24.6. The quantitative estimate of drug-likeness (QED) is 0.653. The molecule has 0 fully saturated rings. The van der Waals surface area contributed by atoms with Crippen molar-refractivity contribution in [2.45, 2.75) is 13.5 Å². The summed E-state index contributed by atoms with van der Waals surface area (Å²) in [4.78, 5) is 23.8. The van der Waals surface area contributed by atoms with Crippen molar-refractivity contribution in [2.24, 2.45) is 0 Å². The first-order chi connectivity index (χ1) is 12.4. The van der Waals surface area contributed by atoms with Crippen molar-refractivity contribution in [1.29, 1.82) is 0 Å². The third kappa shape index (κ3) is 5.71. The van der Waals surface area contributed by atoms with Crippen molar-refractivity contribution >= 4 is 39.4 Å². The van der Waals surface area contributed by atoms with Gasteiger partial charge in [0.25, 0.3) is 5.91 Å². The first kappa shape index (κ1) is 20.2. The fourth-order valence-corrected chi connectivity index (χ4v) is 2.57. The highest BCUT2D eigenvalue weighted by atomic mass is 79.9. The number of halogens is 3. The standard InChI is InChI=1S/C18H16BrClFNO4/c1-2-25-17(23)10-26-16-8-13(20)5-6-14(16)18(24)22-9-11-3-4-12(19)7-15(11)21/h3-8H,2,9-10H2,1H3,(H,22,24). The van der Waals surface area contributed by atoms with Gasteiger partial charge in [0.1, 0.15) is 11.6 Å². The molecule has 0 saturated heterocycles. The molecular formula is C18H16BrClFNO4. The van der Waals surface area contributed by atoms with Crippen molar-refractivity contribution < 1.29 is 23.5 Å². The summed E-state index contributed by atoms with van der Waals surface area (Å²) in [6.07, 6.45) is 0. The summed E-state index contributed by atoms with van der Waals surface area (Å²) >= 11 is 9.10. The molecule has 26 heavy (non-hydrogen) atoms. The third-order valence-corrected chi connectivity index (χ3v) is 4.02. The largest absolute Gasteiger partial charge is 0.481 e. The van der Waals surface area contributed by atoms with E-state index in [2.05, 4.69) is 21.2 Å². The van der Waals surface area contributed by atoms with Gasteiger partial charge in [-0.3, -0.25) is 4.79 Å². The molecule has 8 heteroatoms. The highest BCUT2D eigenvalue weighted by Gasteiger charge is 2.15. The molecule has 1 amide bonds. The Balaban J connectivity index is 2.08. The van der Waals surface area contributed by atoms with Gasteiger partial charge < -0.3 is 14.8 Å². The first-order valence-corrected chi connectivity index (χ1v) is 8.88. The second kappa shape index (κ2) is 9.54. The molecule has 0 unspecified atom stereocenters. The molecule has 0 spiro atoms. The van der Waals surface area contributed by atoms with Gasteiger partial charge in [0, 0.05) is 21.6 Å². The topological polar surface area (TPSA) is 64.6 Å². The van der Waals surface area contributed by atoms with Crippen LogP contribution in [0.4, 0.5) is 4.39 Å². The van der Waals surface area contributed by atoms with E-state index >= 15 is 0 Å². The maximum atomic E-state index is 13.8. The summed E-state index contributed by atoms with van der Waals surface area (Å²) in [5.74, 6) is -1.34. The van der Waals surface area contributed by atoms with E-state index in [0.717, 1.165) is 0 Å². The Labute approximate surface area is 163 Å². The van der Waals surface area contributed by atoms with Gasteiger partial charge in [-0.25, -0.2) is 9.18 Å². The van der Waals surface area contributed by atoms with Gasteiger partial charge in [0.15, 0.2) is 6.61 Å². The minimum Gasteiger partial charge on any atom is -0.481 e. The van der Waals surface area contributed by atoms with Crippen LogP contribution in [0, 0.1) is 5.82 Å². The van der Waals surface area contributed by atoms with Crippen LogP contribution in [0.3, 0.4) is 0 Å². The molecule has 0 heterocycles. The molecular weight excluding hydrogens is 429 g/mol. The van der Waals surface area contributed by atoms with Crippen molar-refractivity contribution in [2.75, 3.05) is 13.2 Å². The second-order valence-electron chi connectivity index (χ2n) is 5.15. The van der Waals surface area contributed by atoms with Crippen LogP contribution >= 0.6 is 27.5 Å². The number of benzene rings is 2. The van der Waals surface area contributed by atoms with Gasteiger partial charge in [-0.1, -0.05) is 33.6 Å². The van der Waals surface area contributed by atoms with Crippen molar-refractivity contribution in [3.63, 3.8) is 0 Å². The fraction of sp³-hybridized carbons (Fsp3) is 0.222. The van der Waals surface area contributed by atoms with Crippen LogP contribution in [-0.4, -0.2) is 25.1 Å². The van der Waals surface area contributed by atoms with Crippen LogP contribution in [0.25, 0.3) is 0 Å². The predicted molar refractivity (Wildman–Crippen MR) is 98.9 cm³/mol. The minimum atomic E-state index is -0.559. The van der Waals surface area contributed by atoms with E-state index in [4.69, 9.17) is 21.1 Å². The molecule has 0 radical (unpaired) electrons. The molecule has 138 valence electrons. The summed E-state index contributed by atoms with van der Waals surface area (Å²) in [6.45, 7) is 1.55. The predicted octanol–water partition coefficient (Wildman–Crippen LogP) is 4.11. The van der Waals surface area contributed by atoms with Crippen molar-refractivity contribution in [3.8, 4) is 5.75 Å². The normalized spacial score (nSPS) is 10.3. The highest BCUT2D eigenvalue weighted by Crippen LogP contribution is 2.24. The number of rotatable bonds is 7. The van der Waals surface area contributed by atoms with Gasteiger partial charge in [-0.2, -0.15) is 0 Å². The highest BCUT2D eigenvalue weighted by molar-refractivity contribution is 9.10. The Morgan fingerprint density at radius 1 is 1.23 bits per heavy atom. The zero-order chi connectivity index (χ0) is 19.1. The van der Waals surface area contributed by atoms with Crippen LogP contribution in [-0.2, 0) is 16.1 Å². The van der Waals surface area contributed by atoms with Crippen molar-refractivity contribution in [3.05, 3.63) is 62.8 Å². The van der Waals surface area contributed by atoms with E-state index in [1.807, 2.05) is 0 Å². The maximum Gasteiger partial charge on any atom is 0.344 e. The lowest BCUT2D eigenvalue weighted by Gasteiger charge is -2.12. The summed E-state index contributed by atoms with van der Waals surface area (Å²) in [7, 11) is 0. The van der Waals surface area contributed by atoms with Crippen LogP contribution in [0.2, 0.25) is 5.02 Å². The second-order valence-corrected chi connectivity index (χ2v) is 6.50. The molecule has 0 saturated carbocycles. The molecule has 0 aromatic heterocycles. The van der Waals surface area contributed by atoms with E-state index in [1.165, 1.54) is 24.3 Å². The van der Waals surface area contributed by atoms with Gasteiger partial charge in [0.05, 0.1) is 12.2 Å². The molecule has 2 aromatic rings. The van der Waals surface area contributed by atoms with Gasteiger partial charge in [0.2, 0.25) is 0 Å². The molecule has 0 aliphatic heterocycles. The van der Waals surface area contributed by atoms with Gasteiger partial charge in [-0.05, 0) is 37.3 Å². The average Bonchev–Trinajstić information content (AvgIpc) is 2.59. The van der Waals surface area contributed by atoms with Gasteiger partial charge >= 0.3 is 5.97 Å². The molecule has 2 aromatic carbocycles. The molecule has 0 aliphatic rings. The molecule has 5 nitrogen and oxygen atoms in total. The number of hydrogen-bond acceptors (Lipinski definition) is 4. The molecule has 0 aliphatic carbocycles. The maximum absolute atomic E-state index is 13.8. The number of nitrogens with one attached hydrogen (secondary N) is 1. The lowest BCUT2D eigenvalue weighted by molar-refractivity contribution is -0.145. The zero-order valence-corrected chi connectivity index (χ0v) is 16.2. The number of amides is 1. The van der Waals surface area contributed by atoms with Gasteiger partial charge in [-0.15, -0.1) is 0 Å². The minimum absolute atomic E-state index is 0.00209. The number of esters is 1. The Morgan fingerprint density at radius 2 is 2.00 bits per heavy atom. The lowest BCUT2D eigenvalue weighted by atomic mass is 10.1. The number of carbonyl (C=O) groups is 2. The third-order valence-electron chi connectivity index (χ3n) is 3.29. The zero-order valence-electron chi connectivity index (χ0n) is 13.9. The van der Waals surface area contributed by atoms with E-state index in [9.17, 15) is 14.0 Å². The SMILES string of the molecule is CCOC(=O)COc1cc(Cl)ccc1C(=O)NCc1ccc(Br)cc1F. The van der Waals surface area contributed by atoms with Crippen molar-refractivity contribution in [1.82, 2.24) is 5.32 Å².